The lowest BCUT2D eigenvalue weighted by Gasteiger charge is -2.15. The minimum Gasteiger partial charge on any atom is -0.508 e. The van der Waals surface area contributed by atoms with Gasteiger partial charge in [-0.2, -0.15) is 0 Å². The zero-order valence-corrected chi connectivity index (χ0v) is 13.0. The van der Waals surface area contributed by atoms with E-state index >= 15 is 0 Å². The van der Waals surface area contributed by atoms with Crippen molar-refractivity contribution in [1.82, 2.24) is 5.06 Å². The third kappa shape index (κ3) is 5.50. The number of rotatable bonds is 4. The predicted molar refractivity (Wildman–Crippen MR) is 85.8 cm³/mol. The third-order valence-corrected chi connectivity index (χ3v) is 2.89. The van der Waals surface area contributed by atoms with Gasteiger partial charge in [-0.05, 0) is 35.9 Å². The van der Waals surface area contributed by atoms with Crippen molar-refractivity contribution in [2.45, 2.75) is 6.54 Å². The van der Waals surface area contributed by atoms with Gasteiger partial charge in [0.1, 0.15) is 11.5 Å². The number of aromatic hydroxyl groups is 2. The molecular weight excluding hydrogens is 316 g/mol. The van der Waals surface area contributed by atoms with Crippen LogP contribution in [0.15, 0.2) is 59.1 Å². The van der Waals surface area contributed by atoms with Gasteiger partial charge in [-0.25, -0.2) is 0 Å². The highest BCUT2D eigenvalue weighted by Gasteiger charge is 2.12. The third-order valence-electron chi connectivity index (χ3n) is 2.89. The molecular formula is C16H18N2O6. The molecule has 4 N–H and O–H groups in total. The van der Waals surface area contributed by atoms with E-state index in [1.807, 2.05) is 0 Å². The van der Waals surface area contributed by atoms with Gasteiger partial charge in [0.2, 0.25) is 5.78 Å². The van der Waals surface area contributed by atoms with Crippen molar-refractivity contribution >= 4 is 12.5 Å². The van der Waals surface area contributed by atoms with Gasteiger partial charge >= 0.3 is 0 Å². The van der Waals surface area contributed by atoms with Gasteiger partial charge in [0, 0.05) is 24.5 Å². The molecule has 24 heavy (non-hydrogen) atoms. The number of carbonyl (C=O) groups excluding carboxylic acids is 1. The maximum Gasteiger partial charge on any atom is 0.220 e. The second-order valence-electron chi connectivity index (χ2n) is 4.59. The summed E-state index contributed by atoms with van der Waals surface area (Å²) in [5.74, 6) is -0.227. The number of nitrogens with zero attached hydrogens (tertiary/aromatic N) is 2. The monoisotopic (exact) mass is 334 g/mol. The largest absolute Gasteiger partial charge is 0.508 e. The number of oxime groups is 1. The summed E-state index contributed by atoms with van der Waals surface area (Å²) < 4.78 is 4.92. The molecule has 1 aromatic rings. The number of phenols is 2. The molecule has 1 aromatic carbocycles. The van der Waals surface area contributed by atoms with Crippen molar-refractivity contribution in [3.63, 3.8) is 0 Å². The van der Waals surface area contributed by atoms with Crippen LogP contribution in [0.4, 0.5) is 0 Å². The minimum absolute atomic E-state index is 0.0214. The van der Waals surface area contributed by atoms with Gasteiger partial charge in [-0.3, -0.25) is 15.1 Å². The molecule has 0 amide bonds. The van der Waals surface area contributed by atoms with Crippen molar-refractivity contribution in [3.05, 3.63) is 59.5 Å². The quantitative estimate of drug-likeness (QED) is 0.377. The molecule has 0 unspecified atom stereocenters. The molecule has 0 atom stereocenters. The molecule has 0 aromatic heterocycles. The standard InChI is InChI=1S/C15H15NO5.CH3NO/c1-21-15-6-10(2-5-13(15)18)8-16(20)9-11-3-4-12(17)7-14(11)19;1-2-3/h2-8,17,19-20H,9H2,1H3;3H,1H2. The van der Waals surface area contributed by atoms with Crippen LogP contribution in [0.1, 0.15) is 5.56 Å². The molecule has 0 heterocycles. The van der Waals surface area contributed by atoms with E-state index in [0.717, 1.165) is 5.06 Å². The summed E-state index contributed by atoms with van der Waals surface area (Å²) in [6.07, 6.45) is 5.79. The first kappa shape index (κ1) is 18.8. The van der Waals surface area contributed by atoms with Crippen molar-refractivity contribution in [2.75, 3.05) is 7.11 Å². The van der Waals surface area contributed by atoms with Crippen LogP contribution in [0.2, 0.25) is 0 Å². The maximum atomic E-state index is 11.4. The zero-order valence-electron chi connectivity index (χ0n) is 13.0. The topological polar surface area (TPSA) is 123 Å². The lowest BCUT2D eigenvalue weighted by atomic mass is 10.1. The van der Waals surface area contributed by atoms with E-state index in [4.69, 9.17) is 9.94 Å². The van der Waals surface area contributed by atoms with Crippen molar-refractivity contribution < 1.29 is 30.2 Å². The summed E-state index contributed by atoms with van der Waals surface area (Å²) in [5.41, 5.74) is 1.02. The predicted octanol–water partition coefficient (Wildman–Crippen LogP) is 1.92. The average molecular weight is 334 g/mol. The Labute approximate surface area is 138 Å². The fraction of sp³-hybridized carbons (Fsp3) is 0.125. The van der Waals surface area contributed by atoms with Gasteiger partial charge in [0.25, 0.3) is 0 Å². The number of benzene rings is 1. The smallest absolute Gasteiger partial charge is 0.220 e. The van der Waals surface area contributed by atoms with Crippen LogP contribution in [-0.2, 0) is 16.1 Å². The van der Waals surface area contributed by atoms with E-state index in [9.17, 15) is 20.2 Å². The summed E-state index contributed by atoms with van der Waals surface area (Å²) in [6.45, 7) is 2.69. The number of hydrogen-bond acceptors (Lipinski definition) is 8. The molecule has 0 fully saturated rings. The van der Waals surface area contributed by atoms with Crippen molar-refractivity contribution in [3.8, 4) is 11.5 Å². The van der Waals surface area contributed by atoms with Crippen LogP contribution in [-0.4, -0.2) is 45.3 Å². The number of methoxy groups -OCH3 is 1. The molecule has 1 aliphatic carbocycles. The van der Waals surface area contributed by atoms with E-state index in [1.54, 1.807) is 6.08 Å². The Morgan fingerprint density at radius 2 is 2.00 bits per heavy atom. The zero-order chi connectivity index (χ0) is 18.1. The highest BCUT2D eigenvalue weighted by molar-refractivity contribution is 6.04. The van der Waals surface area contributed by atoms with Crippen LogP contribution in [0.3, 0.4) is 0 Å². The Morgan fingerprint density at radius 3 is 2.58 bits per heavy atom. The highest BCUT2D eigenvalue weighted by atomic mass is 16.5. The van der Waals surface area contributed by atoms with Gasteiger partial charge in [0.05, 0.1) is 13.7 Å². The summed E-state index contributed by atoms with van der Waals surface area (Å²) >= 11 is 0. The summed E-state index contributed by atoms with van der Waals surface area (Å²) in [7, 11) is 1.39. The van der Waals surface area contributed by atoms with E-state index in [-0.39, 0.29) is 29.6 Å². The number of phenolic OH excluding ortho intramolecular Hbond substituents is 2. The number of ether oxygens (including phenoxy) is 1. The average Bonchev–Trinajstić information content (AvgIpc) is 2.53. The molecule has 8 heteroatoms. The summed E-state index contributed by atoms with van der Waals surface area (Å²) in [5, 5.41) is 38.9. The number of hydroxylamine groups is 2. The molecule has 2 rings (SSSR count). The molecule has 0 saturated carbocycles. The summed E-state index contributed by atoms with van der Waals surface area (Å²) in [6, 6.07) is 4.11. The van der Waals surface area contributed by atoms with E-state index in [2.05, 4.69) is 11.9 Å². The molecule has 128 valence electrons. The van der Waals surface area contributed by atoms with E-state index < -0.39 is 0 Å². The van der Waals surface area contributed by atoms with Crippen molar-refractivity contribution in [1.29, 1.82) is 0 Å². The number of hydrogen-bond donors (Lipinski definition) is 4. The normalized spacial score (nSPS) is 14.5. The Morgan fingerprint density at radius 1 is 1.33 bits per heavy atom. The van der Waals surface area contributed by atoms with Gasteiger partial charge in [0.15, 0.2) is 5.76 Å². The Kier molecular flexibility index (Phi) is 7.05. The van der Waals surface area contributed by atoms with Crippen LogP contribution < -0.4 is 0 Å². The van der Waals surface area contributed by atoms with E-state index in [1.165, 1.54) is 43.7 Å². The molecule has 0 bridgehead atoms. The first-order chi connectivity index (χ1) is 11.4. The van der Waals surface area contributed by atoms with E-state index in [0.29, 0.717) is 11.1 Å². The first-order valence-corrected chi connectivity index (χ1v) is 6.67. The fourth-order valence-corrected chi connectivity index (χ4v) is 1.84. The Hall–Kier alpha value is -3.26. The molecule has 8 nitrogen and oxygen atoms in total. The molecule has 0 saturated heterocycles. The second kappa shape index (κ2) is 9.01. The fourth-order valence-electron chi connectivity index (χ4n) is 1.84. The SMILES string of the molecule is C=NO.COC1=CC(=CN(O)Cc2ccc(O)cc2O)C=CC1=O. The van der Waals surface area contributed by atoms with Crippen LogP contribution in [0.25, 0.3) is 0 Å². The molecule has 0 radical (unpaired) electrons. The van der Waals surface area contributed by atoms with Gasteiger partial charge < -0.3 is 20.2 Å². The number of allylic oxidation sites excluding steroid dienone is 4. The minimum atomic E-state index is -0.240. The number of ketones is 1. The molecule has 1 aliphatic rings. The Bertz CT molecular complexity index is 694. The molecule has 0 aliphatic heterocycles. The second-order valence-corrected chi connectivity index (χ2v) is 4.59. The summed E-state index contributed by atoms with van der Waals surface area (Å²) in [4.78, 5) is 11.4. The lowest BCUT2D eigenvalue weighted by molar-refractivity contribution is -0.114. The van der Waals surface area contributed by atoms with Gasteiger partial charge in [-0.15, -0.1) is 5.16 Å². The van der Waals surface area contributed by atoms with Crippen LogP contribution in [0.5, 0.6) is 11.5 Å². The van der Waals surface area contributed by atoms with Gasteiger partial charge in [-0.1, -0.05) is 0 Å². The van der Waals surface area contributed by atoms with Crippen LogP contribution >= 0.6 is 0 Å². The lowest BCUT2D eigenvalue weighted by Crippen LogP contribution is -2.13. The highest BCUT2D eigenvalue weighted by Crippen LogP contribution is 2.24. The first-order valence-electron chi connectivity index (χ1n) is 6.67. The van der Waals surface area contributed by atoms with Crippen LogP contribution in [0, 0.1) is 0 Å². The maximum absolute atomic E-state index is 11.4. The van der Waals surface area contributed by atoms with Crippen molar-refractivity contribution in [2.24, 2.45) is 5.16 Å². The molecule has 0 spiro atoms. The Balaban J connectivity index is 0.000000891. The number of carbonyl (C=O) groups is 1.